The lowest BCUT2D eigenvalue weighted by Gasteiger charge is -2.20. The van der Waals surface area contributed by atoms with Gasteiger partial charge in [0.05, 0.1) is 17.8 Å². The number of hydrogen-bond donors (Lipinski definition) is 3. The fourth-order valence-electron chi connectivity index (χ4n) is 3.99. The van der Waals surface area contributed by atoms with Gasteiger partial charge in [0.25, 0.3) is 0 Å². The van der Waals surface area contributed by atoms with Gasteiger partial charge in [-0.3, -0.25) is 4.79 Å². The summed E-state index contributed by atoms with van der Waals surface area (Å²) in [5.74, 6) is 0.101. The molecule has 2 atom stereocenters. The Morgan fingerprint density at radius 1 is 1.00 bits per heavy atom. The van der Waals surface area contributed by atoms with Crippen LogP contribution < -0.4 is 0 Å². The molecule has 3 N–H and O–H groups in total. The number of allylic oxidation sites excluding steroid dienone is 3. The summed E-state index contributed by atoms with van der Waals surface area (Å²) in [6, 6.07) is 18.1. The Bertz CT molecular complexity index is 1100. The predicted octanol–water partition coefficient (Wildman–Crippen LogP) is 6.17. The number of tetrazole rings is 1. The normalized spacial score (nSPS) is 13.3. The number of aliphatic hydroxyl groups excluding tert-OH is 1. The molecule has 37 heavy (non-hydrogen) atoms. The number of nitrogens with one attached hydrogen (secondary N) is 1. The van der Waals surface area contributed by atoms with Gasteiger partial charge >= 0.3 is 5.97 Å². The number of carbonyl (C=O) groups is 1. The molecule has 3 aromatic rings. The van der Waals surface area contributed by atoms with Gasteiger partial charge in [-0.25, -0.2) is 5.10 Å². The predicted molar refractivity (Wildman–Crippen MR) is 149 cm³/mol. The molecule has 0 unspecified atom stereocenters. The van der Waals surface area contributed by atoms with Crippen LogP contribution in [0.5, 0.6) is 0 Å². The summed E-state index contributed by atoms with van der Waals surface area (Å²) in [5, 5.41) is 33.7. The summed E-state index contributed by atoms with van der Waals surface area (Å²) in [7, 11) is 0. The van der Waals surface area contributed by atoms with Crippen molar-refractivity contribution in [3.05, 3.63) is 90.0 Å². The number of thioether (sulfide) groups is 1. The van der Waals surface area contributed by atoms with Crippen molar-refractivity contribution in [1.82, 2.24) is 20.6 Å². The van der Waals surface area contributed by atoms with E-state index in [0.717, 1.165) is 24.0 Å². The highest BCUT2D eigenvalue weighted by Crippen LogP contribution is 2.30. The number of aromatic amines is 1. The Hall–Kier alpha value is -3.23. The van der Waals surface area contributed by atoms with Gasteiger partial charge in [0, 0.05) is 11.3 Å². The van der Waals surface area contributed by atoms with Gasteiger partial charge in [-0.2, -0.15) is 11.8 Å². The number of unbranched alkanes of at least 4 members (excludes halogenated alkanes) is 5. The number of aryl methyl sites for hydroxylation is 1. The second kappa shape index (κ2) is 16.5. The molecule has 3 rings (SSSR count). The minimum absolute atomic E-state index is 0.0483. The molecular formula is C29H36N4O3S. The third-order valence-electron chi connectivity index (χ3n) is 6.01. The summed E-state index contributed by atoms with van der Waals surface area (Å²) < 4.78 is 0. The molecule has 7 nitrogen and oxygen atoms in total. The molecule has 1 aromatic heterocycles. The molecule has 0 aliphatic carbocycles. The number of aromatic nitrogens is 4. The molecule has 0 radical (unpaired) electrons. The number of benzene rings is 2. The molecule has 0 spiro atoms. The Labute approximate surface area is 223 Å². The summed E-state index contributed by atoms with van der Waals surface area (Å²) in [6.07, 6.45) is 15.7. The number of carboxylic acids is 1. The molecule has 0 bridgehead atoms. The number of hydrogen-bond acceptors (Lipinski definition) is 6. The molecule has 196 valence electrons. The zero-order chi connectivity index (χ0) is 26.1. The van der Waals surface area contributed by atoms with Crippen LogP contribution in [-0.2, 0) is 11.2 Å². The van der Waals surface area contributed by atoms with E-state index < -0.39 is 12.1 Å². The number of aliphatic carboxylic acids is 1. The van der Waals surface area contributed by atoms with E-state index in [-0.39, 0.29) is 11.7 Å². The first-order valence-electron chi connectivity index (χ1n) is 12.9. The molecule has 0 aliphatic rings. The number of rotatable bonds is 17. The smallest absolute Gasteiger partial charge is 0.304 e. The van der Waals surface area contributed by atoms with Gasteiger partial charge < -0.3 is 10.2 Å². The van der Waals surface area contributed by atoms with Crippen LogP contribution in [-0.4, -0.2) is 47.8 Å². The van der Waals surface area contributed by atoms with Crippen molar-refractivity contribution in [3.8, 4) is 11.4 Å². The third kappa shape index (κ3) is 10.7. The van der Waals surface area contributed by atoms with Crippen molar-refractivity contribution in [2.45, 2.75) is 62.7 Å². The summed E-state index contributed by atoms with van der Waals surface area (Å²) in [5.41, 5.74) is 2.92. The molecule has 0 saturated carbocycles. The number of nitrogens with zero attached hydrogens (tertiary/aromatic N) is 3. The van der Waals surface area contributed by atoms with E-state index in [1.54, 1.807) is 0 Å². The van der Waals surface area contributed by atoms with E-state index in [9.17, 15) is 9.90 Å². The van der Waals surface area contributed by atoms with Crippen molar-refractivity contribution >= 4 is 17.7 Å². The highest BCUT2D eigenvalue weighted by atomic mass is 32.2. The first-order chi connectivity index (χ1) is 18.1. The number of carboxylic acid groups (broad SMARTS) is 1. The summed E-state index contributed by atoms with van der Waals surface area (Å²) in [4.78, 5) is 11.0. The topological polar surface area (TPSA) is 112 Å². The molecule has 0 amide bonds. The Morgan fingerprint density at radius 2 is 1.81 bits per heavy atom. The highest BCUT2D eigenvalue weighted by Gasteiger charge is 2.20. The van der Waals surface area contributed by atoms with Crippen LogP contribution in [0.4, 0.5) is 0 Å². The fourth-order valence-corrected chi connectivity index (χ4v) is 5.10. The van der Waals surface area contributed by atoms with E-state index in [0.29, 0.717) is 11.6 Å². The molecule has 2 aromatic carbocycles. The Balaban J connectivity index is 1.43. The van der Waals surface area contributed by atoms with Crippen molar-refractivity contribution in [2.75, 3.05) is 5.75 Å². The number of aliphatic hydroxyl groups is 1. The maximum absolute atomic E-state index is 11.1. The quantitative estimate of drug-likeness (QED) is 0.144. The van der Waals surface area contributed by atoms with Gasteiger partial charge in [-0.05, 0) is 53.3 Å². The largest absolute Gasteiger partial charge is 0.481 e. The minimum atomic E-state index is -0.843. The van der Waals surface area contributed by atoms with Crippen LogP contribution in [0.3, 0.4) is 0 Å². The maximum Gasteiger partial charge on any atom is 0.304 e. The van der Waals surface area contributed by atoms with Crippen molar-refractivity contribution in [3.63, 3.8) is 0 Å². The van der Waals surface area contributed by atoms with Crippen LogP contribution in [0.2, 0.25) is 0 Å². The zero-order valence-corrected chi connectivity index (χ0v) is 21.9. The molecular weight excluding hydrogens is 484 g/mol. The van der Waals surface area contributed by atoms with Gasteiger partial charge in [-0.15, -0.1) is 5.10 Å². The Kier molecular flexibility index (Phi) is 12.6. The van der Waals surface area contributed by atoms with Crippen LogP contribution in [0.25, 0.3) is 11.4 Å². The third-order valence-corrected chi connectivity index (χ3v) is 7.25. The van der Waals surface area contributed by atoms with Crippen LogP contribution >= 0.6 is 11.8 Å². The minimum Gasteiger partial charge on any atom is -0.481 e. The average molecular weight is 521 g/mol. The average Bonchev–Trinajstić information content (AvgIpc) is 3.46. The van der Waals surface area contributed by atoms with E-state index in [4.69, 9.17) is 5.11 Å². The van der Waals surface area contributed by atoms with Crippen LogP contribution in [0, 0.1) is 0 Å². The zero-order valence-electron chi connectivity index (χ0n) is 21.1. The highest BCUT2D eigenvalue weighted by molar-refractivity contribution is 8.00. The Morgan fingerprint density at radius 3 is 2.59 bits per heavy atom. The second-order valence-electron chi connectivity index (χ2n) is 8.90. The molecule has 1 heterocycles. The monoisotopic (exact) mass is 520 g/mol. The molecule has 0 fully saturated rings. The van der Waals surface area contributed by atoms with Gasteiger partial charge in [0.2, 0.25) is 0 Å². The fraction of sp³-hybridized carbons (Fsp3) is 0.379. The van der Waals surface area contributed by atoms with Crippen molar-refractivity contribution in [2.24, 2.45) is 0 Å². The lowest BCUT2D eigenvalue weighted by molar-refractivity contribution is -0.136. The lowest BCUT2D eigenvalue weighted by Crippen LogP contribution is -2.14. The molecule has 0 aliphatic heterocycles. The first-order valence-corrected chi connectivity index (χ1v) is 13.9. The maximum atomic E-state index is 11.1. The SMILES string of the molecule is O=C(O)CCS[C@H](/C=C/C=C\CCCCCCCc1ccccc1)[C@@H](O)c1cccc(-c2nnn[nH]2)c1. The molecule has 0 saturated heterocycles. The van der Waals surface area contributed by atoms with E-state index in [2.05, 4.69) is 57.0 Å². The van der Waals surface area contributed by atoms with E-state index in [1.165, 1.54) is 49.4 Å². The van der Waals surface area contributed by atoms with Gasteiger partial charge in [0.15, 0.2) is 5.82 Å². The van der Waals surface area contributed by atoms with Crippen molar-refractivity contribution < 1.29 is 15.0 Å². The number of H-pyrrole nitrogens is 1. The lowest BCUT2D eigenvalue weighted by atomic mass is 10.0. The standard InChI is InChI=1S/C29H36N4O3S/c34-27(35)20-21-37-26(28(36)24-17-13-18-25(22-24)29-30-32-33-31-29)19-12-7-5-3-1-2-4-6-9-14-23-15-10-8-11-16-23/h5,7-8,10-13,15-19,22,26,28,36H,1-4,6,9,14,20-21H2,(H,34,35)(H,30,31,32,33)/b7-5-,19-12+/t26-,28+/m1/s1. The van der Waals surface area contributed by atoms with Crippen molar-refractivity contribution in [1.29, 1.82) is 0 Å². The van der Waals surface area contributed by atoms with Crippen LogP contribution in [0.1, 0.15) is 62.2 Å². The summed E-state index contributed by atoms with van der Waals surface area (Å²) in [6.45, 7) is 0. The van der Waals surface area contributed by atoms with Gasteiger partial charge in [-0.1, -0.05) is 92.1 Å². The second-order valence-corrected chi connectivity index (χ2v) is 10.2. The molecule has 8 heteroatoms. The summed E-state index contributed by atoms with van der Waals surface area (Å²) >= 11 is 1.43. The van der Waals surface area contributed by atoms with E-state index >= 15 is 0 Å². The van der Waals surface area contributed by atoms with E-state index in [1.807, 2.05) is 42.5 Å². The van der Waals surface area contributed by atoms with Crippen LogP contribution in [0.15, 0.2) is 78.9 Å². The van der Waals surface area contributed by atoms with Gasteiger partial charge in [0.1, 0.15) is 0 Å². The first kappa shape index (κ1) is 28.3.